The predicted octanol–water partition coefficient (Wildman–Crippen LogP) is 3.80. The second-order valence-corrected chi connectivity index (χ2v) is 8.19. The molecule has 0 radical (unpaired) electrons. The summed E-state index contributed by atoms with van der Waals surface area (Å²) in [4.78, 5) is 18.1. The number of nitrogens with one attached hydrogen (secondary N) is 2. The van der Waals surface area contributed by atoms with Crippen LogP contribution in [0, 0.1) is 0 Å². The van der Waals surface area contributed by atoms with Crippen LogP contribution in [0.5, 0.6) is 11.5 Å². The number of ether oxygens (including phenoxy) is 2. The van der Waals surface area contributed by atoms with Crippen LogP contribution < -0.4 is 20.1 Å². The number of aliphatic hydroxyl groups is 1. The van der Waals surface area contributed by atoms with Crippen LogP contribution in [-0.2, 0) is 11.2 Å². The fraction of sp³-hybridized carbons (Fsp3) is 0.292. The molecule has 2 aromatic carbocycles. The van der Waals surface area contributed by atoms with E-state index in [2.05, 4.69) is 20.7 Å². The first-order valence-corrected chi connectivity index (χ1v) is 11.2. The van der Waals surface area contributed by atoms with Crippen LogP contribution in [0.4, 0.5) is 11.6 Å². The summed E-state index contributed by atoms with van der Waals surface area (Å²) >= 11 is 5.99. The summed E-state index contributed by atoms with van der Waals surface area (Å²) in [6.07, 6.45) is 1.05. The van der Waals surface area contributed by atoms with E-state index < -0.39 is 6.04 Å². The van der Waals surface area contributed by atoms with Crippen molar-refractivity contribution in [3.8, 4) is 11.5 Å². The molecule has 3 aromatic rings. The molecule has 9 nitrogen and oxygen atoms in total. The van der Waals surface area contributed by atoms with E-state index >= 15 is 0 Å². The van der Waals surface area contributed by atoms with Crippen LogP contribution in [0.2, 0.25) is 5.02 Å². The number of benzene rings is 2. The molecule has 1 aromatic heterocycles. The maximum atomic E-state index is 13.6. The number of carbonyl (C=O) groups is 1. The Morgan fingerprint density at radius 2 is 1.97 bits per heavy atom. The van der Waals surface area contributed by atoms with E-state index in [9.17, 15) is 9.90 Å². The number of carbonyl (C=O) groups excluding carboxylic acids is 1. The maximum absolute atomic E-state index is 13.6. The third kappa shape index (κ3) is 4.71. The van der Waals surface area contributed by atoms with E-state index in [0.717, 1.165) is 5.56 Å². The number of aliphatic hydroxyl groups excluding tert-OH is 1. The van der Waals surface area contributed by atoms with Crippen LogP contribution in [0.1, 0.15) is 30.8 Å². The van der Waals surface area contributed by atoms with Gasteiger partial charge in [0.2, 0.25) is 5.95 Å². The Bertz CT molecular complexity index is 1220. The quantitative estimate of drug-likeness (QED) is 0.447. The fourth-order valence-electron chi connectivity index (χ4n) is 3.90. The van der Waals surface area contributed by atoms with Crippen molar-refractivity contribution in [1.82, 2.24) is 14.8 Å². The van der Waals surface area contributed by atoms with Gasteiger partial charge in [0.05, 0.1) is 19.8 Å². The molecule has 0 fully saturated rings. The van der Waals surface area contributed by atoms with Crippen LogP contribution in [0.25, 0.3) is 0 Å². The van der Waals surface area contributed by atoms with Gasteiger partial charge in [-0.2, -0.15) is 10.1 Å². The van der Waals surface area contributed by atoms with Crippen LogP contribution >= 0.6 is 11.6 Å². The summed E-state index contributed by atoms with van der Waals surface area (Å²) in [7, 11) is 3.15. The minimum Gasteiger partial charge on any atom is -0.497 e. The molecule has 1 amide bonds. The zero-order chi connectivity index (χ0) is 24.2. The van der Waals surface area contributed by atoms with E-state index in [1.54, 1.807) is 49.2 Å². The van der Waals surface area contributed by atoms with Gasteiger partial charge in [0.1, 0.15) is 17.5 Å². The minimum absolute atomic E-state index is 0.0407. The number of amides is 1. The lowest BCUT2D eigenvalue weighted by atomic mass is 9.94. The molecule has 0 spiro atoms. The van der Waals surface area contributed by atoms with E-state index in [0.29, 0.717) is 58.1 Å². The number of nitrogens with zero attached hydrogens (tertiary/aromatic N) is 3. The number of hydrogen-bond acceptors (Lipinski definition) is 7. The molecule has 0 aliphatic carbocycles. The predicted molar refractivity (Wildman–Crippen MR) is 130 cm³/mol. The zero-order valence-corrected chi connectivity index (χ0v) is 19.9. The van der Waals surface area contributed by atoms with Crippen molar-refractivity contribution >= 4 is 29.1 Å². The van der Waals surface area contributed by atoms with Gasteiger partial charge in [-0.3, -0.25) is 4.79 Å². The third-order valence-electron chi connectivity index (χ3n) is 5.54. The normalized spacial score (nSPS) is 14.9. The second kappa shape index (κ2) is 10.1. The van der Waals surface area contributed by atoms with Gasteiger partial charge in [-0.25, -0.2) is 4.68 Å². The molecule has 10 heteroatoms. The highest BCUT2D eigenvalue weighted by molar-refractivity contribution is 6.30. The number of methoxy groups -OCH3 is 2. The average molecular weight is 484 g/mol. The summed E-state index contributed by atoms with van der Waals surface area (Å²) in [6, 6.07) is 11.7. The van der Waals surface area contributed by atoms with Gasteiger partial charge < -0.3 is 25.2 Å². The van der Waals surface area contributed by atoms with E-state index in [4.69, 9.17) is 21.1 Å². The summed E-state index contributed by atoms with van der Waals surface area (Å²) < 4.78 is 12.7. The van der Waals surface area contributed by atoms with Crippen LogP contribution in [0.15, 0.2) is 53.7 Å². The average Bonchev–Trinajstić information content (AvgIpc) is 3.25. The Hall–Kier alpha value is -3.56. The molecule has 1 aliphatic rings. The Morgan fingerprint density at radius 3 is 2.65 bits per heavy atom. The summed E-state index contributed by atoms with van der Waals surface area (Å²) in [5.74, 6) is 1.96. The van der Waals surface area contributed by atoms with E-state index in [-0.39, 0.29) is 12.5 Å². The van der Waals surface area contributed by atoms with E-state index in [1.165, 1.54) is 0 Å². The molecule has 4 rings (SSSR count). The standard InChI is InChI=1S/C24H26ClN5O4/c1-14-21(23(32)27-16-8-6-15(25)7-9-16)22(18-11-10-17(33-2)13-19(18)34-3)30-24(26-14)28-20(29-30)5-4-12-31/h6-11,13,22,31H,4-5,12H2,1-3H3,(H,27,32)(H,26,28,29)/t22-/m1/s1. The van der Waals surface area contributed by atoms with Crippen molar-refractivity contribution in [3.05, 3.63) is 70.1 Å². The topological polar surface area (TPSA) is 111 Å². The number of halogens is 1. The molecule has 0 unspecified atom stereocenters. The summed E-state index contributed by atoms with van der Waals surface area (Å²) in [6.45, 7) is 1.87. The number of hydrogen-bond donors (Lipinski definition) is 3. The number of fused-ring (bicyclic) bond motifs is 1. The fourth-order valence-corrected chi connectivity index (χ4v) is 4.02. The molecule has 1 atom stereocenters. The summed E-state index contributed by atoms with van der Waals surface area (Å²) in [5, 5.41) is 20.6. The lowest BCUT2D eigenvalue weighted by Crippen LogP contribution is -2.31. The SMILES string of the molecule is COc1ccc([C@@H]2C(C(=O)Nc3ccc(Cl)cc3)=C(C)Nc3nc(CCCO)nn32)c(OC)c1. The molecule has 2 heterocycles. The Balaban J connectivity index is 1.81. The second-order valence-electron chi connectivity index (χ2n) is 7.76. The minimum atomic E-state index is -0.611. The van der Waals surface area contributed by atoms with Crippen LogP contribution in [0.3, 0.4) is 0 Å². The first-order valence-electron chi connectivity index (χ1n) is 10.8. The van der Waals surface area contributed by atoms with Gasteiger partial charge in [0, 0.05) is 41.1 Å². The number of anilines is 2. The number of aromatic nitrogens is 3. The van der Waals surface area contributed by atoms with Crippen molar-refractivity contribution in [2.24, 2.45) is 0 Å². The number of rotatable bonds is 8. The lowest BCUT2D eigenvalue weighted by molar-refractivity contribution is -0.113. The maximum Gasteiger partial charge on any atom is 0.255 e. The number of aryl methyl sites for hydroxylation is 1. The molecule has 178 valence electrons. The Labute approximate surface area is 202 Å². The van der Waals surface area contributed by atoms with Gasteiger partial charge in [0.15, 0.2) is 5.82 Å². The molecule has 0 saturated carbocycles. The molecule has 0 saturated heterocycles. The molecule has 0 bridgehead atoms. The highest BCUT2D eigenvalue weighted by Crippen LogP contribution is 2.40. The zero-order valence-electron chi connectivity index (χ0n) is 19.1. The van der Waals surface area contributed by atoms with Gasteiger partial charge in [-0.15, -0.1) is 0 Å². The third-order valence-corrected chi connectivity index (χ3v) is 5.79. The Kier molecular flexibility index (Phi) is 7.04. The molecule has 1 aliphatic heterocycles. The van der Waals surface area contributed by atoms with Crippen molar-refractivity contribution < 1.29 is 19.4 Å². The number of allylic oxidation sites excluding steroid dienone is 1. The van der Waals surface area contributed by atoms with Crippen molar-refractivity contribution in [2.75, 3.05) is 31.5 Å². The van der Waals surface area contributed by atoms with Crippen molar-refractivity contribution in [1.29, 1.82) is 0 Å². The van der Waals surface area contributed by atoms with Gasteiger partial charge in [-0.1, -0.05) is 11.6 Å². The molecular formula is C24H26ClN5O4. The van der Waals surface area contributed by atoms with E-state index in [1.807, 2.05) is 19.1 Å². The molecule has 34 heavy (non-hydrogen) atoms. The van der Waals surface area contributed by atoms with Crippen LogP contribution in [-0.4, -0.2) is 46.6 Å². The molecular weight excluding hydrogens is 458 g/mol. The highest BCUT2D eigenvalue weighted by atomic mass is 35.5. The largest absolute Gasteiger partial charge is 0.497 e. The van der Waals surface area contributed by atoms with Gasteiger partial charge in [-0.05, 0) is 49.7 Å². The lowest BCUT2D eigenvalue weighted by Gasteiger charge is -2.29. The van der Waals surface area contributed by atoms with Crippen molar-refractivity contribution in [3.63, 3.8) is 0 Å². The monoisotopic (exact) mass is 483 g/mol. The first-order chi connectivity index (χ1) is 16.4. The highest BCUT2D eigenvalue weighted by Gasteiger charge is 2.36. The van der Waals surface area contributed by atoms with Crippen molar-refractivity contribution in [2.45, 2.75) is 25.8 Å². The summed E-state index contributed by atoms with van der Waals surface area (Å²) in [5.41, 5.74) is 2.45. The Morgan fingerprint density at radius 1 is 1.21 bits per heavy atom. The first kappa shape index (κ1) is 23.6. The van der Waals surface area contributed by atoms with Gasteiger partial charge in [0.25, 0.3) is 5.91 Å². The van der Waals surface area contributed by atoms with Gasteiger partial charge >= 0.3 is 0 Å². The smallest absolute Gasteiger partial charge is 0.255 e. The molecule has 3 N–H and O–H groups in total.